The number of aliphatic hydroxyl groups is 1. The molecule has 0 aliphatic heterocycles. The first-order valence-corrected chi connectivity index (χ1v) is 12.3. The number of benzene rings is 2. The number of hydrogen-bond acceptors (Lipinski definition) is 6. The molecule has 0 saturated carbocycles. The predicted molar refractivity (Wildman–Crippen MR) is 139 cm³/mol. The molecular weight excluding hydrogens is 462 g/mol. The fourth-order valence-electron chi connectivity index (χ4n) is 3.78. The average molecular weight is 500 g/mol. The molecule has 1 atom stereocenters. The summed E-state index contributed by atoms with van der Waals surface area (Å²) in [7, 11) is 0. The molecule has 10 heteroatoms. The molecule has 36 heavy (non-hydrogen) atoms. The van der Waals surface area contributed by atoms with Gasteiger partial charge in [0.05, 0.1) is 11.5 Å². The Morgan fingerprint density at radius 1 is 0.972 bits per heavy atom. The van der Waals surface area contributed by atoms with E-state index in [4.69, 9.17) is 0 Å². The quantitative estimate of drug-likeness (QED) is 0.255. The van der Waals surface area contributed by atoms with Crippen LogP contribution in [0.5, 0.6) is 0 Å². The molecule has 0 spiro atoms. The molecule has 3 N–H and O–H groups in total. The van der Waals surface area contributed by atoms with Gasteiger partial charge in [0.25, 0.3) is 5.69 Å². The molecule has 2 aromatic carbocycles. The van der Waals surface area contributed by atoms with Crippen molar-refractivity contribution in [2.75, 3.05) is 45.9 Å². The van der Waals surface area contributed by atoms with Crippen LogP contribution in [0.4, 0.5) is 10.5 Å². The molecular formula is C26H37N5O5. The number of aliphatic hydroxyl groups excluding tert-OH is 1. The fourth-order valence-corrected chi connectivity index (χ4v) is 3.78. The van der Waals surface area contributed by atoms with Crippen molar-refractivity contribution < 1.29 is 19.6 Å². The molecule has 2 aromatic rings. The molecule has 10 nitrogen and oxygen atoms in total. The Hall–Kier alpha value is -3.50. The molecule has 3 amide bonds. The lowest BCUT2D eigenvalue weighted by molar-refractivity contribution is -0.384. The van der Waals surface area contributed by atoms with Gasteiger partial charge in [0, 0.05) is 44.7 Å². The molecule has 0 aliphatic rings. The van der Waals surface area contributed by atoms with E-state index in [2.05, 4.69) is 15.5 Å². The van der Waals surface area contributed by atoms with Crippen molar-refractivity contribution in [1.82, 2.24) is 20.4 Å². The Balaban J connectivity index is 2.10. The Kier molecular flexibility index (Phi) is 12.4. The first-order chi connectivity index (χ1) is 17.4. The third-order valence-corrected chi connectivity index (χ3v) is 5.99. The summed E-state index contributed by atoms with van der Waals surface area (Å²) in [6, 6.07) is 14.3. The van der Waals surface area contributed by atoms with E-state index >= 15 is 0 Å². The lowest BCUT2D eigenvalue weighted by atomic mass is 10.0. The Bertz CT molecular complexity index is 951. The molecule has 0 aromatic heterocycles. The number of non-ortho nitro benzene ring substituents is 1. The molecule has 196 valence electrons. The van der Waals surface area contributed by atoms with Gasteiger partial charge >= 0.3 is 6.03 Å². The summed E-state index contributed by atoms with van der Waals surface area (Å²) in [4.78, 5) is 40.3. The van der Waals surface area contributed by atoms with E-state index in [1.165, 1.54) is 17.0 Å². The molecule has 0 unspecified atom stereocenters. The number of amides is 3. The summed E-state index contributed by atoms with van der Waals surface area (Å²) >= 11 is 0. The summed E-state index contributed by atoms with van der Waals surface area (Å²) in [6.45, 7) is 7.26. The Morgan fingerprint density at radius 3 is 2.22 bits per heavy atom. The van der Waals surface area contributed by atoms with Crippen LogP contribution in [0.25, 0.3) is 0 Å². The standard InChI is InChI=1S/C26H37N5O5/c1-3-29(4-2)17-15-27-25(33)24(20-22-10-12-23(13-11-22)31(35)36)28-26(34)30(18-19-32)16-14-21-8-6-5-7-9-21/h5-13,24,32H,3-4,14-20H2,1-2H3,(H,27,33)(H,28,34)/t24-/m0/s1. The van der Waals surface area contributed by atoms with Crippen molar-refractivity contribution in [3.8, 4) is 0 Å². The number of urea groups is 1. The van der Waals surface area contributed by atoms with Crippen molar-refractivity contribution in [2.45, 2.75) is 32.7 Å². The van der Waals surface area contributed by atoms with E-state index in [1.807, 2.05) is 44.2 Å². The summed E-state index contributed by atoms with van der Waals surface area (Å²) in [5, 5.41) is 26.2. The molecule has 0 aliphatic carbocycles. The maximum Gasteiger partial charge on any atom is 0.318 e. The zero-order valence-corrected chi connectivity index (χ0v) is 21.1. The van der Waals surface area contributed by atoms with Crippen molar-refractivity contribution in [3.63, 3.8) is 0 Å². The highest BCUT2D eigenvalue weighted by molar-refractivity contribution is 5.87. The number of likely N-dealkylation sites (N-methyl/N-ethyl adjacent to an activating group) is 1. The molecule has 0 bridgehead atoms. The van der Waals surface area contributed by atoms with E-state index in [1.54, 1.807) is 12.1 Å². The number of carbonyl (C=O) groups is 2. The first kappa shape index (κ1) is 28.7. The highest BCUT2D eigenvalue weighted by atomic mass is 16.6. The normalized spacial score (nSPS) is 11.7. The van der Waals surface area contributed by atoms with Gasteiger partial charge in [0.1, 0.15) is 6.04 Å². The predicted octanol–water partition coefficient (Wildman–Crippen LogP) is 2.21. The van der Waals surface area contributed by atoms with Crippen LogP contribution >= 0.6 is 0 Å². The summed E-state index contributed by atoms with van der Waals surface area (Å²) in [5.41, 5.74) is 1.70. The number of rotatable bonds is 15. The van der Waals surface area contributed by atoms with Gasteiger partial charge in [0.15, 0.2) is 0 Å². The van der Waals surface area contributed by atoms with E-state index in [-0.39, 0.29) is 31.2 Å². The topological polar surface area (TPSA) is 128 Å². The van der Waals surface area contributed by atoms with Crippen molar-refractivity contribution in [3.05, 3.63) is 75.8 Å². The Morgan fingerprint density at radius 2 is 1.64 bits per heavy atom. The van der Waals surface area contributed by atoms with Crippen LogP contribution in [0, 0.1) is 10.1 Å². The number of nitro benzene ring substituents is 1. The zero-order valence-electron chi connectivity index (χ0n) is 21.1. The second kappa shape index (κ2) is 15.5. The third-order valence-electron chi connectivity index (χ3n) is 5.99. The van der Waals surface area contributed by atoms with Gasteiger partial charge in [-0.15, -0.1) is 0 Å². The van der Waals surface area contributed by atoms with Crippen molar-refractivity contribution >= 4 is 17.6 Å². The van der Waals surface area contributed by atoms with E-state index in [0.29, 0.717) is 31.6 Å². The smallest absolute Gasteiger partial charge is 0.318 e. The van der Waals surface area contributed by atoms with Crippen molar-refractivity contribution in [2.24, 2.45) is 0 Å². The second-order valence-electron chi connectivity index (χ2n) is 8.39. The maximum absolute atomic E-state index is 13.1. The van der Waals surface area contributed by atoms with E-state index < -0.39 is 17.0 Å². The van der Waals surface area contributed by atoms with Gasteiger partial charge in [-0.3, -0.25) is 14.9 Å². The van der Waals surface area contributed by atoms with Crippen LogP contribution in [0.15, 0.2) is 54.6 Å². The van der Waals surface area contributed by atoms with Crippen LogP contribution < -0.4 is 10.6 Å². The summed E-state index contributed by atoms with van der Waals surface area (Å²) in [6.07, 6.45) is 0.782. The lowest BCUT2D eigenvalue weighted by Crippen LogP contribution is -2.53. The number of nitro groups is 1. The van der Waals surface area contributed by atoms with E-state index in [0.717, 1.165) is 18.7 Å². The number of nitrogens with zero attached hydrogens (tertiary/aromatic N) is 3. The van der Waals surface area contributed by atoms with E-state index in [9.17, 15) is 24.8 Å². The molecule has 2 rings (SSSR count). The highest BCUT2D eigenvalue weighted by Gasteiger charge is 2.24. The second-order valence-corrected chi connectivity index (χ2v) is 8.39. The van der Waals surface area contributed by atoms with Gasteiger partial charge in [0.2, 0.25) is 5.91 Å². The minimum absolute atomic E-state index is 0.0435. The minimum atomic E-state index is -0.881. The van der Waals surface area contributed by atoms with Gasteiger partial charge < -0.3 is 25.5 Å². The lowest BCUT2D eigenvalue weighted by Gasteiger charge is -2.26. The number of carbonyl (C=O) groups excluding carboxylic acids is 2. The minimum Gasteiger partial charge on any atom is -0.395 e. The van der Waals surface area contributed by atoms with Crippen LogP contribution in [-0.2, 0) is 17.6 Å². The summed E-state index contributed by atoms with van der Waals surface area (Å²) < 4.78 is 0. The molecule has 0 saturated heterocycles. The highest BCUT2D eigenvalue weighted by Crippen LogP contribution is 2.14. The number of nitrogens with one attached hydrogen (secondary N) is 2. The van der Waals surface area contributed by atoms with Crippen LogP contribution in [0.3, 0.4) is 0 Å². The van der Waals surface area contributed by atoms with Gasteiger partial charge in [-0.05, 0) is 30.6 Å². The monoisotopic (exact) mass is 499 g/mol. The molecule has 0 radical (unpaired) electrons. The zero-order chi connectivity index (χ0) is 26.3. The van der Waals surface area contributed by atoms with Gasteiger partial charge in [-0.25, -0.2) is 4.79 Å². The van der Waals surface area contributed by atoms with Gasteiger partial charge in [-0.2, -0.15) is 0 Å². The van der Waals surface area contributed by atoms with Crippen LogP contribution in [0.2, 0.25) is 0 Å². The SMILES string of the molecule is CCN(CC)CCNC(=O)[C@H](Cc1ccc([N+](=O)[O-])cc1)NC(=O)N(CCO)CCc1ccccc1. The fraction of sp³-hybridized carbons (Fsp3) is 0.462. The average Bonchev–Trinajstić information content (AvgIpc) is 2.89. The first-order valence-electron chi connectivity index (χ1n) is 12.3. The van der Waals surface area contributed by atoms with Gasteiger partial charge in [-0.1, -0.05) is 56.3 Å². The molecule has 0 heterocycles. The Labute approximate surface area is 212 Å². The largest absolute Gasteiger partial charge is 0.395 e. The maximum atomic E-state index is 13.1. The van der Waals surface area contributed by atoms with Crippen LogP contribution in [0.1, 0.15) is 25.0 Å². The van der Waals surface area contributed by atoms with Crippen molar-refractivity contribution in [1.29, 1.82) is 0 Å². The van der Waals surface area contributed by atoms with Crippen LogP contribution in [-0.4, -0.2) is 83.7 Å². The third kappa shape index (κ3) is 9.63. The number of hydrogen-bond donors (Lipinski definition) is 3. The summed E-state index contributed by atoms with van der Waals surface area (Å²) in [5.74, 6) is -0.333. The molecule has 0 fully saturated rings.